The van der Waals surface area contributed by atoms with Crippen LogP contribution < -0.4 is 0 Å². The lowest BCUT2D eigenvalue weighted by Gasteiger charge is -2.35. The van der Waals surface area contributed by atoms with E-state index < -0.39 is 12.0 Å². The van der Waals surface area contributed by atoms with E-state index >= 15 is 0 Å². The van der Waals surface area contributed by atoms with Gasteiger partial charge in [-0.05, 0) is 25.7 Å². The first-order valence-corrected chi connectivity index (χ1v) is 7.14. The summed E-state index contributed by atoms with van der Waals surface area (Å²) >= 11 is 0. The van der Waals surface area contributed by atoms with E-state index in [9.17, 15) is 9.59 Å². The minimum Gasteiger partial charge on any atom is -0.480 e. The zero-order valence-corrected chi connectivity index (χ0v) is 11.5. The molecule has 0 saturated carbocycles. The van der Waals surface area contributed by atoms with Crippen molar-refractivity contribution in [3.05, 3.63) is 0 Å². The first kappa shape index (κ1) is 15.1. The summed E-state index contributed by atoms with van der Waals surface area (Å²) in [5.74, 6) is -0.919. The largest absolute Gasteiger partial charge is 0.480 e. The van der Waals surface area contributed by atoms with Crippen LogP contribution in [-0.2, 0) is 9.53 Å². The van der Waals surface area contributed by atoms with Crippen molar-refractivity contribution in [2.45, 2.75) is 37.8 Å². The summed E-state index contributed by atoms with van der Waals surface area (Å²) in [5, 5.41) is 17.8. The fourth-order valence-corrected chi connectivity index (χ4v) is 2.87. The van der Waals surface area contributed by atoms with Gasteiger partial charge in [-0.1, -0.05) is 0 Å². The number of piperidine rings is 1. The maximum absolute atomic E-state index is 12.3. The van der Waals surface area contributed by atoms with Gasteiger partial charge in [0.25, 0.3) is 0 Å². The van der Waals surface area contributed by atoms with Crippen LogP contribution in [0, 0.1) is 0 Å². The maximum Gasteiger partial charge on any atom is 0.326 e. The minimum absolute atomic E-state index is 0.00716. The molecule has 114 valence electrons. The molecule has 0 aromatic rings. The molecule has 0 aliphatic carbocycles. The van der Waals surface area contributed by atoms with Crippen molar-refractivity contribution < 1.29 is 24.5 Å². The fraction of sp³-hybridized carbons (Fsp3) is 0.846. The summed E-state index contributed by atoms with van der Waals surface area (Å²) in [6.07, 6.45) is 2.84. The lowest BCUT2D eigenvalue weighted by Crippen LogP contribution is -2.51. The van der Waals surface area contributed by atoms with Gasteiger partial charge in [0.05, 0.1) is 19.3 Å². The Morgan fingerprint density at radius 3 is 2.45 bits per heavy atom. The molecule has 2 fully saturated rings. The van der Waals surface area contributed by atoms with E-state index in [4.69, 9.17) is 14.9 Å². The molecule has 2 aliphatic rings. The highest BCUT2D eigenvalue weighted by Crippen LogP contribution is 2.22. The van der Waals surface area contributed by atoms with Crippen molar-refractivity contribution >= 4 is 12.0 Å². The Morgan fingerprint density at radius 1 is 1.15 bits per heavy atom. The van der Waals surface area contributed by atoms with Gasteiger partial charge >= 0.3 is 12.0 Å². The van der Waals surface area contributed by atoms with Crippen LogP contribution >= 0.6 is 0 Å². The zero-order valence-electron chi connectivity index (χ0n) is 11.5. The van der Waals surface area contributed by atoms with Crippen LogP contribution in [0.3, 0.4) is 0 Å². The summed E-state index contributed by atoms with van der Waals surface area (Å²) < 4.78 is 5.45. The van der Waals surface area contributed by atoms with Crippen molar-refractivity contribution in [1.82, 2.24) is 9.80 Å². The summed E-state index contributed by atoms with van der Waals surface area (Å²) in [7, 11) is 0. The quantitative estimate of drug-likeness (QED) is 0.766. The second-order valence-electron chi connectivity index (χ2n) is 5.25. The third-order valence-corrected chi connectivity index (χ3v) is 3.94. The van der Waals surface area contributed by atoms with Gasteiger partial charge in [0.1, 0.15) is 6.04 Å². The maximum atomic E-state index is 12.3. The monoisotopic (exact) mass is 286 g/mol. The minimum atomic E-state index is -0.919. The van der Waals surface area contributed by atoms with E-state index in [1.165, 1.54) is 4.90 Å². The predicted octanol–water partition coefficient (Wildman–Crippen LogP) is 0.129. The summed E-state index contributed by atoms with van der Waals surface area (Å²) in [5.41, 5.74) is 0. The number of urea groups is 1. The molecule has 7 nitrogen and oxygen atoms in total. The van der Waals surface area contributed by atoms with Crippen LogP contribution in [0.4, 0.5) is 4.79 Å². The third kappa shape index (κ3) is 3.40. The number of hydrogen-bond acceptors (Lipinski definition) is 4. The van der Waals surface area contributed by atoms with Crippen molar-refractivity contribution in [3.8, 4) is 0 Å². The highest BCUT2D eigenvalue weighted by atomic mass is 16.5. The lowest BCUT2D eigenvalue weighted by molar-refractivity contribution is -0.141. The van der Waals surface area contributed by atoms with Gasteiger partial charge in [-0.2, -0.15) is 0 Å². The molecule has 2 heterocycles. The molecule has 2 saturated heterocycles. The van der Waals surface area contributed by atoms with E-state index in [0.717, 1.165) is 19.3 Å². The van der Waals surface area contributed by atoms with Gasteiger partial charge in [0.2, 0.25) is 0 Å². The molecule has 2 rings (SSSR count). The van der Waals surface area contributed by atoms with Crippen LogP contribution in [-0.4, -0.2) is 77.0 Å². The number of aliphatic carboxylic acids is 1. The number of amides is 2. The number of carbonyl (C=O) groups excluding carboxylic acids is 1. The summed E-state index contributed by atoms with van der Waals surface area (Å²) in [6.45, 7) is 2.02. The molecule has 1 unspecified atom stereocenters. The van der Waals surface area contributed by atoms with Crippen LogP contribution in [0.15, 0.2) is 0 Å². The van der Waals surface area contributed by atoms with Crippen LogP contribution in [0.2, 0.25) is 0 Å². The number of ether oxygens (including phenoxy) is 1. The van der Waals surface area contributed by atoms with Gasteiger partial charge in [0.15, 0.2) is 0 Å². The molecule has 0 aromatic heterocycles. The molecule has 0 aromatic carbocycles. The Bertz CT molecular complexity index is 355. The third-order valence-electron chi connectivity index (χ3n) is 3.94. The Labute approximate surface area is 118 Å². The van der Waals surface area contributed by atoms with Crippen LogP contribution in [0.5, 0.6) is 0 Å². The topological polar surface area (TPSA) is 90.3 Å². The first-order valence-electron chi connectivity index (χ1n) is 7.14. The first-order chi connectivity index (χ1) is 9.63. The molecule has 20 heavy (non-hydrogen) atoms. The molecule has 0 radical (unpaired) electrons. The normalized spacial score (nSPS) is 24.1. The Kier molecular flexibility index (Phi) is 5.19. The van der Waals surface area contributed by atoms with E-state index in [1.807, 2.05) is 0 Å². The number of carboxylic acid groups (broad SMARTS) is 1. The number of hydrogen-bond donors (Lipinski definition) is 2. The van der Waals surface area contributed by atoms with Crippen molar-refractivity contribution in [2.24, 2.45) is 0 Å². The second-order valence-corrected chi connectivity index (χ2v) is 5.25. The Morgan fingerprint density at radius 2 is 1.85 bits per heavy atom. The van der Waals surface area contributed by atoms with Crippen molar-refractivity contribution in [2.75, 3.05) is 32.8 Å². The van der Waals surface area contributed by atoms with Gasteiger partial charge < -0.3 is 24.7 Å². The Hall–Kier alpha value is -1.34. The molecule has 2 amide bonds. The van der Waals surface area contributed by atoms with Gasteiger partial charge in [0, 0.05) is 19.6 Å². The van der Waals surface area contributed by atoms with E-state index in [2.05, 4.69) is 0 Å². The molecule has 1 atom stereocenters. The Balaban J connectivity index is 1.84. The number of likely N-dealkylation sites (tertiary alicyclic amines) is 2. The van der Waals surface area contributed by atoms with E-state index in [0.29, 0.717) is 32.7 Å². The predicted molar refractivity (Wildman–Crippen MR) is 70.4 cm³/mol. The molecule has 7 heteroatoms. The van der Waals surface area contributed by atoms with Crippen LogP contribution in [0.1, 0.15) is 25.7 Å². The van der Waals surface area contributed by atoms with Crippen LogP contribution in [0.25, 0.3) is 0 Å². The summed E-state index contributed by atoms with van der Waals surface area (Å²) in [4.78, 5) is 26.6. The van der Waals surface area contributed by atoms with Gasteiger partial charge in [-0.25, -0.2) is 9.59 Å². The number of carboxylic acids is 1. The highest BCUT2D eigenvalue weighted by Gasteiger charge is 2.37. The SMILES string of the molecule is O=C(O)C1CCCN1C(=O)N1CCC(OCCO)CC1. The second kappa shape index (κ2) is 6.90. The van der Waals surface area contributed by atoms with E-state index in [-0.39, 0.29) is 18.7 Å². The fourth-order valence-electron chi connectivity index (χ4n) is 2.87. The van der Waals surface area contributed by atoms with Gasteiger partial charge in [-0.15, -0.1) is 0 Å². The number of carbonyl (C=O) groups is 2. The summed E-state index contributed by atoms with van der Waals surface area (Å²) in [6, 6.07) is -0.846. The molecule has 0 bridgehead atoms. The standard InChI is InChI=1S/C13H22N2O5/c16-8-9-20-10-3-6-14(7-4-10)13(19)15-5-1-2-11(15)12(17)18/h10-11,16H,1-9H2,(H,17,18). The van der Waals surface area contributed by atoms with E-state index in [1.54, 1.807) is 4.90 Å². The molecule has 2 aliphatic heterocycles. The number of aliphatic hydroxyl groups is 1. The highest BCUT2D eigenvalue weighted by molar-refractivity contribution is 5.83. The average Bonchev–Trinajstić information content (AvgIpc) is 2.94. The lowest BCUT2D eigenvalue weighted by atomic mass is 10.1. The molecular weight excluding hydrogens is 264 g/mol. The number of nitrogens with zero attached hydrogens (tertiary/aromatic N) is 2. The van der Waals surface area contributed by atoms with Crippen molar-refractivity contribution in [3.63, 3.8) is 0 Å². The molecule has 2 N–H and O–H groups in total. The smallest absolute Gasteiger partial charge is 0.326 e. The van der Waals surface area contributed by atoms with Gasteiger partial charge in [-0.3, -0.25) is 0 Å². The average molecular weight is 286 g/mol. The molecular formula is C13H22N2O5. The van der Waals surface area contributed by atoms with Crippen molar-refractivity contribution in [1.29, 1.82) is 0 Å². The number of aliphatic hydroxyl groups excluding tert-OH is 1. The zero-order chi connectivity index (χ0) is 14.5. The number of rotatable bonds is 4. The molecule has 0 spiro atoms.